The second-order valence-electron chi connectivity index (χ2n) is 5.68. The lowest BCUT2D eigenvalue weighted by atomic mass is 9.89. The third-order valence-electron chi connectivity index (χ3n) is 4.16. The molecule has 6 nitrogen and oxygen atoms in total. The summed E-state index contributed by atoms with van der Waals surface area (Å²) in [5.41, 5.74) is 1.80. The maximum Gasteiger partial charge on any atom is 0.405 e. The van der Waals surface area contributed by atoms with Gasteiger partial charge in [0.25, 0.3) is 0 Å². The zero-order chi connectivity index (χ0) is 16.1. The third-order valence-corrected chi connectivity index (χ3v) is 4.16. The Labute approximate surface area is 135 Å². The summed E-state index contributed by atoms with van der Waals surface area (Å²) in [6, 6.07) is 11.3. The number of carbonyl (C=O) groups is 1. The summed E-state index contributed by atoms with van der Waals surface area (Å²) in [7, 11) is 0. The summed E-state index contributed by atoms with van der Waals surface area (Å²) in [4.78, 5) is 20.1. The molecule has 1 unspecified atom stereocenters. The minimum Gasteiger partial charge on any atom is -0.465 e. The van der Waals surface area contributed by atoms with E-state index in [1.807, 2.05) is 36.4 Å². The first-order valence-corrected chi connectivity index (χ1v) is 7.82. The van der Waals surface area contributed by atoms with Crippen LogP contribution >= 0.6 is 0 Å². The summed E-state index contributed by atoms with van der Waals surface area (Å²) in [6.07, 6.45) is 2.47. The van der Waals surface area contributed by atoms with Crippen molar-refractivity contribution >= 4 is 6.09 Å². The molecule has 3 N–H and O–H groups in total. The van der Waals surface area contributed by atoms with Gasteiger partial charge in [-0.2, -0.15) is 0 Å². The van der Waals surface area contributed by atoms with Crippen LogP contribution in [0.25, 0.3) is 11.3 Å². The summed E-state index contributed by atoms with van der Waals surface area (Å²) in [6.45, 7) is 1.78. The quantitative estimate of drug-likeness (QED) is 0.807. The van der Waals surface area contributed by atoms with Gasteiger partial charge in [-0.3, -0.25) is 0 Å². The monoisotopic (exact) mass is 312 g/mol. The molecule has 1 atom stereocenters. The molecule has 0 bridgehead atoms. The molecule has 2 heterocycles. The summed E-state index contributed by atoms with van der Waals surface area (Å²) in [5, 5.41) is 15.1. The van der Waals surface area contributed by atoms with Gasteiger partial charge in [-0.15, -0.1) is 0 Å². The van der Waals surface area contributed by atoms with E-state index in [2.05, 4.69) is 20.6 Å². The molecule has 1 aromatic heterocycles. The lowest BCUT2D eigenvalue weighted by Gasteiger charge is -2.29. The van der Waals surface area contributed by atoms with Crippen molar-refractivity contribution in [1.82, 2.24) is 20.6 Å². The first-order chi connectivity index (χ1) is 11.2. The fourth-order valence-electron chi connectivity index (χ4n) is 3.00. The van der Waals surface area contributed by atoms with Crippen molar-refractivity contribution in [1.29, 1.82) is 0 Å². The Morgan fingerprint density at radius 3 is 2.65 bits per heavy atom. The number of hydrogen-bond donors (Lipinski definition) is 3. The molecule has 2 aromatic rings. The van der Waals surface area contributed by atoms with Crippen LogP contribution in [0.2, 0.25) is 0 Å². The van der Waals surface area contributed by atoms with Crippen molar-refractivity contribution in [2.24, 2.45) is 5.92 Å². The molecule has 1 amide bonds. The maximum atomic E-state index is 11.2. The Kier molecular flexibility index (Phi) is 4.83. The second kappa shape index (κ2) is 7.19. The third kappa shape index (κ3) is 3.84. The SMILES string of the molecule is O=C(O)NC(c1nccc(-c2ccccc2)n1)C1CCNCC1. The molecule has 0 aliphatic carbocycles. The number of benzene rings is 1. The smallest absolute Gasteiger partial charge is 0.405 e. The van der Waals surface area contributed by atoms with Crippen molar-refractivity contribution in [3.63, 3.8) is 0 Å². The normalized spacial score (nSPS) is 16.7. The minimum atomic E-state index is -1.04. The van der Waals surface area contributed by atoms with Crippen LogP contribution in [-0.4, -0.2) is 34.3 Å². The Hall–Kier alpha value is -2.47. The highest BCUT2D eigenvalue weighted by atomic mass is 16.4. The average molecular weight is 312 g/mol. The van der Waals surface area contributed by atoms with Gasteiger partial charge in [0.15, 0.2) is 5.82 Å². The lowest BCUT2D eigenvalue weighted by molar-refractivity contribution is 0.178. The van der Waals surface area contributed by atoms with Crippen LogP contribution in [0.5, 0.6) is 0 Å². The van der Waals surface area contributed by atoms with Gasteiger partial charge in [-0.1, -0.05) is 30.3 Å². The number of hydrogen-bond acceptors (Lipinski definition) is 4. The van der Waals surface area contributed by atoms with Gasteiger partial charge in [0.2, 0.25) is 0 Å². The van der Waals surface area contributed by atoms with Crippen LogP contribution < -0.4 is 10.6 Å². The number of rotatable bonds is 4. The number of nitrogens with zero attached hydrogens (tertiary/aromatic N) is 2. The van der Waals surface area contributed by atoms with Gasteiger partial charge in [0.05, 0.1) is 11.7 Å². The van der Waals surface area contributed by atoms with Crippen LogP contribution in [0, 0.1) is 5.92 Å². The van der Waals surface area contributed by atoms with Crippen LogP contribution in [0.4, 0.5) is 4.79 Å². The Balaban J connectivity index is 1.91. The van der Waals surface area contributed by atoms with Crippen LogP contribution in [-0.2, 0) is 0 Å². The van der Waals surface area contributed by atoms with Crippen molar-refractivity contribution in [2.75, 3.05) is 13.1 Å². The molecule has 0 saturated carbocycles. The largest absolute Gasteiger partial charge is 0.465 e. The summed E-state index contributed by atoms with van der Waals surface area (Å²) in [5.74, 6) is 0.749. The fourth-order valence-corrected chi connectivity index (χ4v) is 3.00. The number of amides is 1. The van der Waals surface area contributed by atoms with E-state index >= 15 is 0 Å². The molecule has 1 aliphatic heterocycles. The van der Waals surface area contributed by atoms with Gasteiger partial charge < -0.3 is 15.7 Å². The van der Waals surface area contributed by atoms with Crippen LogP contribution in [0.3, 0.4) is 0 Å². The average Bonchev–Trinajstić information content (AvgIpc) is 2.61. The number of nitrogens with one attached hydrogen (secondary N) is 2. The van der Waals surface area contributed by atoms with Crippen molar-refractivity contribution in [3.8, 4) is 11.3 Å². The van der Waals surface area contributed by atoms with Gasteiger partial charge >= 0.3 is 6.09 Å². The van der Waals surface area contributed by atoms with E-state index in [1.165, 1.54) is 0 Å². The van der Waals surface area contributed by atoms with Crippen LogP contribution in [0.1, 0.15) is 24.7 Å². The predicted molar refractivity (Wildman–Crippen MR) is 87.0 cm³/mol. The van der Waals surface area contributed by atoms with Crippen LogP contribution in [0.15, 0.2) is 42.6 Å². The standard InChI is InChI=1S/C17H20N4O2/c22-17(23)21-15(13-6-9-18-10-7-13)16-19-11-8-14(20-16)12-4-2-1-3-5-12/h1-5,8,11,13,15,18,21H,6-7,9-10H2,(H,22,23). The molecule has 120 valence electrons. The highest BCUT2D eigenvalue weighted by molar-refractivity contribution is 5.65. The van der Waals surface area contributed by atoms with Crippen molar-refractivity contribution < 1.29 is 9.90 Å². The molecule has 1 aromatic carbocycles. The summed E-state index contributed by atoms with van der Waals surface area (Å²) < 4.78 is 0. The van der Waals surface area contributed by atoms with E-state index in [-0.39, 0.29) is 12.0 Å². The van der Waals surface area contributed by atoms with E-state index in [4.69, 9.17) is 0 Å². The summed E-state index contributed by atoms with van der Waals surface area (Å²) >= 11 is 0. The zero-order valence-electron chi connectivity index (χ0n) is 12.8. The molecule has 1 aliphatic rings. The van der Waals surface area contributed by atoms with Gasteiger partial charge in [0, 0.05) is 11.8 Å². The van der Waals surface area contributed by atoms with Crippen molar-refractivity contribution in [3.05, 3.63) is 48.4 Å². The van der Waals surface area contributed by atoms with E-state index in [0.29, 0.717) is 5.82 Å². The number of aromatic nitrogens is 2. The molecule has 23 heavy (non-hydrogen) atoms. The predicted octanol–water partition coefficient (Wildman–Crippen LogP) is 2.45. The highest BCUT2D eigenvalue weighted by Crippen LogP contribution is 2.28. The molecule has 0 radical (unpaired) electrons. The maximum absolute atomic E-state index is 11.2. The molecule has 1 saturated heterocycles. The van der Waals surface area contributed by atoms with E-state index in [0.717, 1.165) is 37.2 Å². The molecular formula is C17H20N4O2. The zero-order valence-corrected chi connectivity index (χ0v) is 12.8. The minimum absolute atomic E-state index is 0.207. The number of carboxylic acid groups (broad SMARTS) is 1. The van der Waals surface area contributed by atoms with Gasteiger partial charge in [0.1, 0.15) is 0 Å². The van der Waals surface area contributed by atoms with Gasteiger partial charge in [-0.25, -0.2) is 14.8 Å². The first-order valence-electron chi connectivity index (χ1n) is 7.82. The number of piperidine rings is 1. The Morgan fingerprint density at radius 1 is 1.22 bits per heavy atom. The van der Waals surface area contributed by atoms with E-state index in [1.54, 1.807) is 6.20 Å². The molecular weight excluding hydrogens is 292 g/mol. The second-order valence-corrected chi connectivity index (χ2v) is 5.68. The molecule has 6 heteroatoms. The highest BCUT2D eigenvalue weighted by Gasteiger charge is 2.28. The molecule has 3 rings (SSSR count). The first kappa shape index (κ1) is 15.4. The van der Waals surface area contributed by atoms with Gasteiger partial charge in [-0.05, 0) is 37.9 Å². The lowest BCUT2D eigenvalue weighted by Crippen LogP contribution is -2.39. The van der Waals surface area contributed by atoms with Crippen molar-refractivity contribution in [2.45, 2.75) is 18.9 Å². The molecule has 1 fully saturated rings. The topological polar surface area (TPSA) is 87.1 Å². The van der Waals surface area contributed by atoms with E-state index < -0.39 is 6.09 Å². The Morgan fingerprint density at radius 2 is 1.96 bits per heavy atom. The van der Waals surface area contributed by atoms with E-state index in [9.17, 15) is 9.90 Å². The molecule has 0 spiro atoms. The Bertz CT molecular complexity index is 657. The fraction of sp³-hybridized carbons (Fsp3) is 0.353.